The van der Waals surface area contributed by atoms with Gasteiger partial charge in [-0.05, 0) is 36.4 Å². The molecule has 0 bridgehead atoms. The molecular formula is C19H15BrN2O4S. The molecule has 0 aliphatic carbocycles. The van der Waals surface area contributed by atoms with Crippen LogP contribution in [0, 0.1) is 0 Å². The number of hydrogen-bond donors (Lipinski definition) is 0. The minimum atomic E-state index is 0. The van der Waals surface area contributed by atoms with Crippen LogP contribution in [0.2, 0.25) is 0 Å². The van der Waals surface area contributed by atoms with Crippen molar-refractivity contribution in [1.82, 2.24) is 9.55 Å². The number of thioether (sulfide) groups is 1. The number of nitrogens with zero attached hydrogens (tertiary/aromatic N) is 2. The van der Waals surface area contributed by atoms with E-state index in [1.54, 1.807) is 11.8 Å². The second-order valence-electron chi connectivity index (χ2n) is 6.23. The van der Waals surface area contributed by atoms with Crippen molar-refractivity contribution in [2.45, 2.75) is 11.7 Å². The number of benzene rings is 2. The normalized spacial score (nSPS) is 15.6. The fourth-order valence-electron chi connectivity index (χ4n) is 3.56. The number of hydrogen-bond acceptors (Lipinski definition) is 6. The average molecular weight is 447 g/mol. The molecule has 0 saturated heterocycles. The lowest BCUT2D eigenvalue weighted by Crippen LogP contribution is -1.97. The molecule has 0 radical (unpaired) electrons. The van der Waals surface area contributed by atoms with Gasteiger partial charge in [-0.1, -0.05) is 11.8 Å². The van der Waals surface area contributed by atoms with Crippen molar-refractivity contribution in [3.8, 4) is 45.5 Å². The molecule has 2 aromatic carbocycles. The van der Waals surface area contributed by atoms with E-state index in [9.17, 15) is 0 Å². The van der Waals surface area contributed by atoms with E-state index < -0.39 is 0 Å². The summed E-state index contributed by atoms with van der Waals surface area (Å²) in [6.45, 7) is 1.48. The van der Waals surface area contributed by atoms with Crippen LogP contribution in [-0.2, 0) is 6.54 Å². The lowest BCUT2D eigenvalue weighted by Gasteiger charge is -2.09. The van der Waals surface area contributed by atoms with Crippen LogP contribution in [0.1, 0.15) is 0 Å². The van der Waals surface area contributed by atoms with Gasteiger partial charge in [-0.25, -0.2) is 4.98 Å². The van der Waals surface area contributed by atoms with Crippen molar-refractivity contribution in [1.29, 1.82) is 0 Å². The van der Waals surface area contributed by atoms with Gasteiger partial charge in [-0.3, -0.25) is 0 Å². The van der Waals surface area contributed by atoms with Gasteiger partial charge in [0, 0.05) is 23.4 Å². The van der Waals surface area contributed by atoms with Gasteiger partial charge in [-0.2, -0.15) is 0 Å². The number of halogens is 1. The third kappa shape index (κ3) is 2.58. The quantitative estimate of drug-likeness (QED) is 0.582. The minimum absolute atomic E-state index is 0. The van der Waals surface area contributed by atoms with E-state index in [0.717, 1.165) is 63.0 Å². The van der Waals surface area contributed by atoms with E-state index >= 15 is 0 Å². The molecular weight excluding hydrogens is 432 g/mol. The molecule has 0 amide bonds. The summed E-state index contributed by atoms with van der Waals surface area (Å²) in [5.41, 5.74) is 4.14. The van der Waals surface area contributed by atoms with Gasteiger partial charge >= 0.3 is 0 Å². The Morgan fingerprint density at radius 1 is 0.815 bits per heavy atom. The summed E-state index contributed by atoms with van der Waals surface area (Å²) in [7, 11) is 0. The van der Waals surface area contributed by atoms with Crippen molar-refractivity contribution in [2.75, 3.05) is 19.3 Å². The van der Waals surface area contributed by atoms with E-state index in [4.69, 9.17) is 23.9 Å². The Hall–Kier alpha value is -2.32. The first-order chi connectivity index (χ1) is 12.9. The summed E-state index contributed by atoms with van der Waals surface area (Å²) >= 11 is 1.78. The van der Waals surface area contributed by atoms with Gasteiger partial charge in [0.2, 0.25) is 13.6 Å². The predicted octanol–water partition coefficient (Wildman–Crippen LogP) is 4.36. The van der Waals surface area contributed by atoms with Gasteiger partial charge in [0.05, 0.1) is 11.4 Å². The second kappa shape index (κ2) is 6.38. The summed E-state index contributed by atoms with van der Waals surface area (Å²) in [6, 6.07) is 12.0. The topological polar surface area (TPSA) is 54.7 Å². The van der Waals surface area contributed by atoms with E-state index in [1.807, 2.05) is 30.3 Å². The molecule has 0 N–H and O–H groups in total. The van der Waals surface area contributed by atoms with Gasteiger partial charge in [0.15, 0.2) is 28.2 Å². The van der Waals surface area contributed by atoms with Crippen LogP contribution >= 0.6 is 28.7 Å². The SMILES string of the molecule is Br.c1cc2c(cc1-c1nc3n(c1-c1ccc4c(c1)OCO4)CCS3)OCO2. The molecule has 4 heterocycles. The van der Waals surface area contributed by atoms with E-state index in [0.29, 0.717) is 0 Å². The summed E-state index contributed by atoms with van der Waals surface area (Å²) in [6.07, 6.45) is 0. The summed E-state index contributed by atoms with van der Waals surface area (Å²) < 4.78 is 24.3. The van der Waals surface area contributed by atoms with E-state index in [-0.39, 0.29) is 30.6 Å². The predicted molar refractivity (Wildman–Crippen MR) is 106 cm³/mol. The molecule has 0 saturated carbocycles. The number of aromatic nitrogens is 2. The highest BCUT2D eigenvalue weighted by Gasteiger charge is 2.26. The Morgan fingerprint density at radius 3 is 2.19 bits per heavy atom. The fourth-order valence-corrected chi connectivity index (χ4v) is 4.51. The second-order valence-corrected chi connectivity index (χ2v) is 7.29. The monoisotopic (exact) mass is 446 g/mol. The maximum Gasteiger partial charge on any atom is 0.231 e. The molecule has 27 heavy (non-hydrogen) atoms. The van der Waals surface area contributed by atoms with Crippen molar-refractivity contribution in [3.05, 3.63) is 36.4 Å². The Labute approximate surface area is 170 Å². The first-order valence-corrected chi connectivity index (χ1v) is 9.39. The zero-order valence-electron chi connectivity index (χ0n) is 14.1. The first kappa shape index (κ1) is 16.8. The summed E-state index contributed by atoms with van der Waals surface area (Å²) in [5.74, 6) is 4.15. The standard InChI is InChI=1S/C19H14N2O4S.BrH/c1-3-13-15(24-9-22-13)7-11(1)17-18(21-5-6-26-19(21)20-17)12-2-4-14-16(8-12)25-10-23-14;/h1-4,7-8H,5-6,9-10H2;1H. The average Bonchev–Trinajstić information content (AvgIpc) is 3.42. The summed E-state index contributed by atoms with van der Waals surface area (Å²) in [5, 5.41) is 1.05. The number of imidazole rings is 1. The van der Waals surface area contributed by atoms with Crippen LogP contribution < -0.4 is 18.9 Å². The van der Waals surface area contributed by atoms with Gasteiger partial charge in [0.25, 0.3) is 0 Å². The largest absolute Gasteiger partial charge is 0.454 e. The van der Waals surface area contributed by atoms with Crippen molar-refractivity contribution < 1.29 is 18.9 Å². The van der Waals surface area contributed by atoms with Crippen molar-refractivity contribution >= 4 is 28.7 Å². The fraction of sp³-hybridized carbons (Fsp3) is 0.211. The van der Waals surface area contributed by atoms with Crippen LogP contribution in [0.5, 0.6) is 23.0 Å². The van der Waals surface area contributed by atoms with E-state index in [2.05, 4.69) is 10.6 Å². The zero-order chi connectivity index (χ0) is 17.1. The molecule has 3 aliphatic heterocycles. The summed E-state index contributed by atoms with van der Waals surface area (Å²) in [4.78, 5) is 4.91. The Morgan fingerprint density at radius 2 is 1.44 bits per heavy atom. The van der Waals surface area contributed by atoms with Gasteiger partial charge < -0.3 is 23.5 Å². The molecule has 0 fully saturated rings. The van der Waals surface area contributed by atoms with Gasteiger partial charge in [0.1, 0.15) is 0 Å². The third-order valence-electron chi connectivity index (χ3n) is 4.77. The van der Waals surface area contributed by atoms with Crippen LogP contribution in [0.3, 0.4) is 0 Å². The highest BCUT2D eigenvalue weighted by Crippen LogP contribution is 2.44. The highest BCUT2D eigenvalue weighted by atomic mass is 79.9. The highest BCUT2D eigenvalue weighted by molar-refractivity contribution is 8.93. The maximum absolute atomic E-state index is 5.57. The minimum Gasteiger partial charge on any atom is -0.454 e. The maximum atomic E-state index is 5.57. The number of fused-ring (bicyclic) bond motifs is 3. The molecule has 0 atom stereocenters. The Kier molecular flexibility index (Phi) is 3.98. The van der Waals surface area contributed by atoms with Crippen LogP contribution in [0.4, 0.5) is 0 Å². The molecule has 0 unspecified atom stereocenters. The number of ether oxygens (including phenoxy) is 4. The molecule has 0 spiro atoms. The lowest BCUT2D eigenvalue weighted by molar-refractivity contribution is 0.173. The van der Waals surface area contributed by atoms with Crippen molar-refractivity contribution in [3.63, 3.8) is 0 Å². The number of rotatable bonds is 2. The molecule has 138 valence electrons. The smallest absolute Gasteiger partial charge is 0.231 e. The molecule has 1 aromatic heterocycles. The zero-order valence-corrected chi connectivity index (χ0v) is 16.7. The molecule has 3 aliphatic rings. The first-order valence-electron chi connectivity index (χ1n) is 8.40. The Balaban J connectivity index is 0.00000160. The Bertz CT molecular complexity index is 1050. The van der Waals surface area contributed by atoms with Gasteiger partial charge in [-0.15, -0.1) is 17.0 Å². The van der Waals surface area contributed by atoms with Crippen LogP contribution in [0.25, 0.3) is 22.5 Å². The molecule has 6 nitrogen and oxygen atoms in total. The lowest BCUT2D eigenvalue weighted by atomic mass is 10.0. The molecule has 3 aromatic rings. The van der Waals surface area contributed by atoms with Crippen molar-refractivity contribution in [2.24, 2.45) is 0 Å². The third-order valence-corrected chi connectivity index (χ3v) is 5.73. The molecule has 8 heteroatoms. The van der Waals surface area contributed by atoms with Crippen LogP contribution in [0.15, 0.2) is 41.6 Å². The molecule has 6 rings (SSSR count). The van der Waals surface area contributed by atoms with Crippen LogP contribution in [-0.4, -0.2) is 28.9 Å². The van der Waals surface area contributed by atoms with E-state index in [1.165, 1.54) is 0 Å².